The fourth-order valence-corrected chi connectivity index (χ4v) is 1.08. The first-order chi connectivity index (χ1) is 8.09. The van der Waals surface area contributed by atoms with E-state index in [0.717, 1.165) is 5.56 Å². The van der Waals surface area contributed by atoms with Gasteiger partial charge in [0.2, 0.25) is 0 Å². The molecule has 0 radical (unpaired) electrons. The Hall–Kier alpha value is -2.10. The van der Waals surface area contributed by atoms with Crippen LogP contribution >= 0.6 is 0 Å². The van der Waals surface area contributed by atoms with Gasteiger partial charge in [0, 0.05) is 26.4 Å². The van der Waals surface area contributed by atoms with Crippen LogP contribution in [0.5, 0.6) is 0 Å². The molecule has 0 fully saturated rings. The van der Waals surface area contributed by atoms with Gasteiger partial charge in [-0.1, -0.05) is 30.3 Å². The molecule has 0 spiro atoms. The molecule has 17 heavy (non-hydrogen) atoms. The Morgan fingerprint density at radius 2 is 1.88 bits per heavy atom. The number of benzene rings is 1. The zero-order valence-electron chi connectivity index (χ0n) is 9.92. The molecule has 0 aliphatic rings. The molecule has 4 heteroatoms. The number of hydrogen-bond donors (Lipinski definition) is 0. The van der Waals surface area contributed by atoms with Gasteiger partial charge in [0.25, 0.3) is 5.78 Å². The molecular formula is C13H15NO3. The first kappa shape index (κ1) is 13.0. The molecule has 0 bridgehead atoms. The van der Waals surface area contributed by atoms with Gasteiger partial charge in [-0.2, -0.15) is 0 Å². The zero-order chi connectivity index (χ0) is 12.7. The van der Waals surface area contributed by atoms with Crippen LogP contribution in [0.25, 0.3) is 0 Å². The summed E-state index contributed by atoms with van der Waals surface area (Å²) in [5, 5.41) is 0. The molecule has 4 nitrogen and oxygen atoms in total. The van der Waals surface area contributed by atoms with E-state index in [-0.39, 0.29) is 6.61 Å². The van der Waals surface area contributed by atoms with Crippen LogP contribution in [0, 0.1) is 0 Å². The Morgan fingerprint density at radius 3 is 2.47 bits per heavy atom. The van der Waals surface area contributed by atoms with Gasteiger partial charge in [-0.25, -0.2) is 4.79 Å². The maximum atomic E-state index is 11.3. The van der Waals surface area contributed by atoms with Gasteiger partial charge in [-0.05, 0) is 5.56 Å². The van der Waals surface area contributed by atoms with Crippen molar-refractivity contribution in [3.8, 4) is 0 Å². The van der Waals surface area contributed by atoms with Crippen molar-refractivity contribution in [2.75, 3.05) is 14.1 Å². The minimum atomic E-state index is -0.841. The summed E-state index contributed by atoms with van der Waals surface area (Å²) >= 11 is 0. The highest BCUT2D eigenvalue weighted by molar-refractivity contribution is 6.38. The van der Waals surface area contributed by atoms with Gasteiger partial charge in [0.1, 0.15) is 6.61 Å². The Labute approximate surface area is 100 Å². The van der Waals surface area contributed by atoms with Crippen molar-refractivity contribution >= 4 is 11.8 Å². The first-order valence-electron chi connectivity index (χ1n) is 5.19. The lowest BCUT2D eigenvalue weighted by molar-refractivity contribution is -0.152. The molecule has 0 unspecified atom stereocenters. The standard InChI is InChI=1S/C13H15NO3/c1-14(2)9-8-12(15)13(16)17-10-11-6-4-3-5-7-11/h3-9H,10H2,1-2H3/b9-8+. The quantitative estimate of drug-likeness (QED) is 0.438. The van der Waals surface area contributed by atoms with Gasteiger partial charge in [-0.3, -0.25) is 4.79 Å². The molecular weight excluding hydrogens is 218 g/mol. The number of carbonyl (C=O) groups excluding carboxylic acids is 2. The molecule has 1 aromatic rings. The Morgan fingerprint density at radius 1 is 1.24 bits per heavy atom. The van der Waals surface area contributed by atoms with Gasteiger partial charge in [0.15, 0.2) is 0 Å². The van der Waals surface area contributed by atoms with Crippen LogP contribution in [0.3, 0.4) is 0 Å². The summed E-state index contributed by atoms with van der Waals surface area (Å²) in [4.78, 5) is 24.2. The van der Waals surface area contributed by atoms with Crippen LogP contribution in [0.2, 0.25) is 0 Å². The highest BCUT2D eigenvalue weighted by Crippen LogP contribution is 2.01. The number of ketones is 1. The lowest BCUT2D eigenvalue weighted by Gasteiger charge is -2.04. The third-order valence-electron chi connectivity index (χ3n) is 1.94. The molecule has 0 atom stereocenters. The van der Waals surface area contributed by atoms with Crippen LogP contribution in [0.15, 0.2) is 42.6 Å². The summed E-state index contributed by atoms with van der Waals surface area (Å²) in [7, 11) is 3.53. The van der Waals surface area contributed by atoms with Crippen molar-refractivity contribution in [2.45, 2.75) is 6.61 Å². The Kier molecular flexibility index (Phi) is 4.94. The van der Waals surface area contributed by atoms with Crippen LogP contribution in [-0.2, 0) is 20.9 Å². The van der Waals surface area contributed by atoms with Crippen LogP contribution < -0.4 is 0 Å². The van der Waals surface area contributed by atoms with Gasteiger partial charge >= 0.3 is 5.97 Å². The number of esters is 1. The molecule has 0 saturated heterocycles. The predicted molar refractivity (Wildman–Crippen MR) is 64.1 cm³/mol. The normalized spacial score (nSPS) is 10.2. The van der Waals surface area contributed by atoms with E-state index in [9.17, 15) is 9.59 Å². The van der Waals surface area contributed by atoms with E-state index in [0.29, 0.717) is 0 Å². The Balaban J connectivity index is 2.42. The van der Waals surface area contributed by atoms with E-state index in [1.807, 2.05) is 30.3 Å². The van der Waals surface area contributed by atoms with Crippen LogP contribution in [0.1, 0.15) is 5.56 Å². The van der Waals surface area contributed by atoms with Crippen molar-refractivity contribution in [3.05, 3.63) is 48.2 Å². The SMILES string of the molecule is CN(C)/C=C/C(=O)C(=O)OCc1ccccc1. The van der Waals surface area contributed by atoms with E-state index < -0.39 is 11.8 Å². The largest absolute Gasteiger partial charge is 0.455 e. The minimum Gasteiger partial charge on any atom is -0.455 e. The molecule has 1 rings (SSSR count). The minimum absolute atomic E-state index is 0.112. The molecule has 0 aliphatic heterocycles. The number of nitrogens with zero attached hydrogens (tertiary/aromatic N) is 1. The van der Waals surface area contributed by atoms with Gasteiger partial charge in [-0.15, -0.1) is 0 Å². The van der Waals surface area contributed by atoms with Crippen molar-refractivity contribution < 1.29 is 14.3 Å². The van der Waals surface area contributed by atoms with E-state index in [4.69, 9.17) is 4.74 Å². The van der Waals surface area contributed by atoms with Crippen LogP contribution in [0.4, 0.5) is 0 Å². The van der Waals surface area contributed by atoms with Gasteiger partial charge < -0.3 is 9.64 Å². The van der Waals surface area contributed by atoms with Gasteiger partial charge in [0.05, 0.1) is 0 Å². The van der Waals surface area contributed by atoms with Crippen molar-refractivity contribution in [1.29, 1.82) is 0 Å². The summed E-state index contributed by atoms with van der Waals surface area (Å²) in [6.45, 7) is 0.112. The average Bonchev–Trinajstić information content (AvgIpc) is 2.34. The summed E-state index contributed by atoms with van der Waals surface area (Å²) in [6, 6.07) is 9.21. The molecule has 0 N–H and O–H groups in total. The number of rotatable bonds is 5. The lowest BCUT2D eigenvalue weighted by Crippen LogP contribution is -2.15. The number of hydrogen-bond acceptors (Lipinski definition) is 4. The average molecular weight is 233 g/mol. The predicted octanol–water partition coefficient (Wildman–Crippen LogP) is 1.37. The summed E-state index contributed by atoms with van der Waals surface area (Å²) < 4.78 is 4.86. The van der Waals surface area contributed by atoms with Crippen molar-refractivity contribution in [3.63, 3.8) is 0 Å². The molecule has 0 aromatic heterocycles. The summed E-state index contributed by atoms with van der Waals surface area (Å²) in [5.41, 5.74) is 0.852. The third-order valence-corrected chi connectivity index (χ3v) is 1.94. The first-order valence-corrected chi connectivity index (χ1v) is 5.19. The number of ether oxygens (including phenoxy) is 1. The second-order valence-electron chi connectivity index (χ2n) is 3.71. The molecule has 0 aliphatic carbocycles. The summed E-state index contributed by atoms with van der Waals surface area (Å²) in [5.74, 6) is -1.50. The van der Waals surface area contributed by atoms with E-state index in [1.54, 1.807) is 19.0 Å². The fourth-order valence-electron chi connectivity index (χ4n) is 1.08. The fraction of sp³-hybridized carbons (Fsp3) is 0.231. The molecule has 0 heterocycles. The topological polar surface area (TPSA) is 46.6 Å². The highest BCUT2D eigenvalue weighted by Gasteiger charge is 2.11. The Bertz CT molecular complexity index is 410. The zero-order valence-corrected chi connectivity index (χ0v) is 9.92. The lowest BCUT2D eigenvalue weighted by atomic mass is 10.2. The van der Waals surface area contributed by atoms with E-state index in [2.05, 4.69) is 0 Å². The van der Waals surface area contributed by atoms with E-state index >= 15 is 0 Å². The maximum Gasteiger partial charge on any atom is 0.379 e. The monoisotopic (exact) mass is 233 g/mol. The second-order valence-corrected chi connectivity index (χ2v) is 3.71. The van der Waals surface area contributed by atoms with E-state index in [1.165, 1.54) is 12.3 Å². The molecule has 0 saturated carbocycles. The third kappa shape index (κ3) is 4.97. The highest BCUT2D eigenvalue weighted by atomic mass is 16.5. The summed E-state index contributed by atoms with van der Waals surface area (Å²) in [6.07, 6.45) is 2.69. The smallest absolute Gasteiger partial charge is 0.379 e. The number of carbonyl (C=O) groups is 2. The second kappa shape index (κ2) is 6.48. The molecule has 0 amide bonds. The maximum absolute atomic E-state index is 11.3. The van der Waals surface area contributed by atoms with Crippen molar-refractivity contribution in [1.82, 2.24) is 4.90 Å². The van der Waals surface area contributed by atoms with Crippen LogP contribution in [-0.4, -0.2) is 30.7 Å². The molecule has 90 valence electrons. The van der Waals surface area contributed by atoms with Crippen molar-refractivity contribution in [2.24, 2.45) is 0 Å². The molecule has 1 aromatic carbocycles.